The van der Waals surface area contributed by atoms with E-state index in [0.717, 1.165) is 17.7 Å². The van der Waals surface area contributed by atoms with Crippen molar-refractivity contribution in [3.63, 3.8) is 0 Å². The molecule has 3 N–H and O–H groups in total. The van der Waals surface area contributed by atoms with Crippen molar-refractivity contribution in [1.29, 1.82) is 0 Å². The summed E-state index contributed by atoms with van der Waals surface area (Å²) >= 11 is 0. The number of imide groups is 2. The average Bonchev–Trinajstić information content (AvgIpc) is 3.03. The highest BCUT2D eigenvalue weighted by Gasteiger charge is 2.46. The van der Waals surface area contributed by atoms with Crippen LogP contribution in [-0.2, 0) is 14.3 Å². The van der Waals surface area contributed by atoms with Gasteiger partial charge in [0.2, 0.25) is 11.8 Å². The lowest BCUT2D eigenvalue weighted by Gasteiger charge is -2.40. The first-order valence-electron chi connectivity index (χ1n) is 11.6. The summed E-state index contributed by atoms with van der Waals surface area (Å²) in [5.41, 5.74) is 1.04. The van der Waals surface area contributed by atoms with E-state index in [4.69, 9.17) is 9.84 Å². The van der Waals surface area contributed by atoms with Crippen LogP contribution in [0.1, 0.15) is 59.2 Å². The normalized spacial score (nSPS) is 27.4. The summed E-state index contributed by atoms with van der Waals surface area (Å²) in [6.07, 6.45) is 2.24. The molecule has 1 saturated carbocycles. The van der Waals surface area contributed by atoms with E-state index in [1.807, 2.05) is 0 Å². The Morgan fingerprint density at radius 1 is 1.03 bits per heavy atom. The number of carboxylic acid groups (broad SMARTS) is 1. The number of carbonyl (C=O) groups is 5. The Bertz CT molecular complexity index is 1060. The fourth-order valence-electron chi connectivity index (χ4n) is 5.11. The van der Waals surface area contributed by atoms with E-state index < -0.39 is 35.8 Å². The van der Waals surface area contributed by atoms with Gasteiger partial charge in [-0.1, -0.05) is 6.07 Å². The second-order valence-electron chi connectivity index (χ2n) is 9.22. The number of hydrogen-bond donors (Lipinski definition) is 3. The Labute approximate surface area is 195 Å². The van der Waals surface area contributed by atoms with Gasteiger partial charge in [0.15, 0.2) is 0 Å². The van der Waals surface area contributed by atoms with Crippen molar-refractivity contribution in [2.24, 2.45) is 0 Å². The molecule has 1 aromatic carbocycles. The third-order valence-electron chi connectivity index (χ3n) is 7.02. The van der Waals surface area contributed by atoms with Crippen molar-refractivity contribution < 1.29 is 33.8 Å². The molecule has 4 aliphatic rings. The molecule has 0 aromatic heterocycles. The molecule has 1 aliphatic carbocycles. The van der Waals surface area contributed by atoms with Crippen molar-refractivity contribution in [1.82, 2.24) is 15.1 Å². The summed E-state index contributed by atoms with van der Waals surface area (Å²) in [5.74, 6) is -2.10. The second-order valence-corrected chi connectivity index (χ2v) is 9.22. The van der Waals surface area contributed by atoms with Crippen LogP contribution in [0.4, 0.5) is 10.5 Å². The van der Waals surface area contributed by atoms with E-state index in [2.05, 4.69) is 10.6 Å². The maximum absolute atomic E-state index is 13.2. The molecule has 180 valence electrons. The number of amides is 5. The van der Waals surface area contributed by atoms with Crippen LogP contribution in [0.15, 0.2) is 18.2 Å². The van der Waals surface area contributed by atoms with Gasteiger partial charge in [-0.2, -0.15) is 0 Å². The van der Waals surface area contributed by atoms with Gasteiger partial charge >= 0.3 is 6.09 Å². The largest absolute Gasteiger partial charge is 0.465 e. The molecular weight excluding hydrogens is 444 g/mol. The molecule has 5 rings (SSSR count). The number of nitrogens with one attached hydrogen (secondary N) is 2. The van der Waals surface area contributed by atoms with E-state index in [9.17, 15) is 24.0 Å². The van der Waals surface area contributed by atoms with Crippen molar-refractivity contribution in [2.45, 2.75) is 62.8 Å². The van der Waals surface area contributed by atoms with Gasteiger partial charge in [-0.25, -0.2) is 4.79 Å². The van der Waals surface area contributed by atoms with Crippen LogP contribution in [0.25, 0.3) is 0 Å². The molecule has 1 unspecified atom stereocenters. The lowest BCUT2D eigenvalue weighted by molar-refractivity contribution is -0.136. The van der Waals surface area contributed by atoms with Gasteiger partial charge < -0.3 is 20.1 Å². The Balaban J connectivity index is 1.19. The van der Waals surface area contributed by atoms with Gasteiger partial charge in [0, 0.05) is 31.2 Å². The first kappa shape index (κ1) is 22.3. The van der Waals surface area contributed by atoms with E-state index in [-0.39, 0.29) is 42.2 Å². The molecule has 0 radical (unpaired) electrons. The molecule has 0 bridgehead atoms. The number of carbonyl (C=O) groups excluding carboxylic acids is 4. The van der Waals surface area contributed by atoms with Gasteiger partial charge in [0.1, 0.15) is 6.04 Å². The number of ether oxygens (including phenoxy) is 1. The molecule has 34 heavy (non-hydrogen) atoms. The predicted molar refractivity (Wildman–Crippen MR) is 117 cm³/mol. The zero-order valence-corrected chi connectivity index (χ0v) is 18.5. The van der Waals surface area contributed by atoms with E-state index in [1.54, 1.807) is 18.2 Å². The number of likely N-dealkylation sites (tertiary alicyclic amines) is 1. The van der Waals surface area contributed by atoms with Crippen LogP contribution in [-0.4, -0.2) is 82.0 Å². The first-order chi connectivity index (χ1) is 16.3. The maximum atomic E-state index is 13.2. The lowest BCUT2D eigenvalue weighted by atomic mass is 9.88. The topological polar surface area (TPSA) is 145 Å². The summed E-state index contributed by atoms with van der Waals surface area (Å²) in [7, 11) is 0. The number of fused-ring (bicyclic) bond motifs is 1. The summed E-state index contributed by atoms with van der Waals surface area (Å²) < 4.78 is 6.11. The van der Waals surface area contributed by atoms with E-state index >= 15 is 0 Å². The molecular formula is C23H26N4O7. The van der Waals surface area contributed by atoms with Crippen molar-refractivity contribution in [2.75, 3.05) is 18.4 Å². The minimum Gasteiger partial charge on any atom is -0.465 e. The van der Waals surface area contributed by atoms with Gasteiger partial charge in [-0.05, 0) is 44.2 Å². The second kappa shape index (κ2) is 8.71. The quantitative estimate of drug-likeness (QED) is 0.544. The Kier molecular flexibility index (Phi) is 5.72. The van der Waals surface area contributed by atoms with Gasteiger partial charge in [-0.15, -0.1) is 0 Å². The fourth-order valence-corrected chi connectivity index (χ4v) is 5.11. The Morgan fingerprint density at radius 2 is 1.76 bits per heavy atom. The molecule has 3 heterocycles. The third kappa shape index (κ3) is 4.00. The van der Waals surface area contributed by atoms with Crippen LogP contribution >= 0.6 is 0 Å². The fraction of sp³-hybridized carbons (Fsp3) is 0.522. The Morgan fingerprint density at radius 3 is 2.44 bits per heavy atom. The van der Waals surface area contributed by atoms with Crippen LogP contribution in [0, 0.1) is 0 Å². The van der Waals surface area contributed by atoms with Crippen LogP contribution in [0.3, 0.4) is 0 Å². The predicted octanol–water partition coefficient (Wildman–Crippen LogP) is 1.19. The number of benzene rings is 1. The summed E-state index contributed by atoms with van der Waals surface area (Å²) in [6.45, 7) is 0.953. The lowest BCUT2D eigenvalue weighted by Crippen LogP contribution is -2.54. The van der Waals surface area contributed by atoms with Crippen LogP contribution < -0.4 is 10.6 Å². The van der Waals surface area contributed by atoms with Crippen molar-refractivity contribution in [3.8, 4) is 0 Å². The number of rotatable bonds is 5. The summed E-state index contributed by atoms with van der Waals surface area (Å²) in [4.78, 5) is 63.2. The number of piperidine rings is 2. The molecule has 2 saturated heterocycles. The first-order valence-corrected chi connectivity index (χ1v) is 11.6. The molecule has 1 aromatic rings. The highest BCUT2D eigenvalue weighted by molar-refractivity contribution is 6.25. The van der Waals surface area contributed by atoms with Crippen LogP contribution in [0.2, 0.25) is 0 Å². The van der Waals surface area contributed by atoms with Crippen LogP contribution in [0.5, 0.6) is 0 Å². The molecule has 3 aliphatic heterocycles. The molecule has 1 atom stereocenters. The minimum atomic E-state index is -0.994. The minimum absolute atomic E-state index is 0.0452. The monoisotopic (exact) mass is 470 g/mol. The van der Waals surface area contributed by atoms with Gasteiger partial charge in [0.25, 0.3) is 11.8 Å². The zero-order chi connectivity index (χ0) is 24.0. The Hall–Kier alpha value is -3.47. The third-order valence-corrected chi connectivity index (χ3v) is 7.02. The highest BCUT2D eigenvalue weighted by atomic mass is 16.5. The van der Waals surface area contributed by atoms with E-state index in [1.165, 1.54) is 4.90 Å². The average molecular weight is 470 g/mol. The standard InChI is InChI=1S/C23H26N4O7/c28-18-5-4-17(20(29)25-18)27-21(30)15-2-1-3-16(19(15)22(27)31)24-12-10-14(11-12)34-13-6-8-26(9-7-13)23(32)33/h1-3,12-14,17,24H,4-11H2,(H,32,33)(H,25,28,29). The highest BCUT2D eigenvalue weighted by Crippen LogP contribution is 2.35. The molecule has 0 spiro atoms. The summed E-state index contributed by atoms with van der Waals surface area (Å²) in [5, 5.41) is 14.6. The molecule has 11 heteroatoms. The number of hydrogen-bond acceptors (Lipinski definition) is 7. The maximum Gasteiger partial charge on any atom is 0.407 e. The van der Waals surface area contributed by atoms with Gasteiger partial charge in [-0.3, -0.25) is 29.4 Å². The smallest absolute Gasteiger partial charge is 0.407 e. The SMILES string of the molecule is O=C1CCC(N2C(=O)c3cccc(NC4CC(OC5CCN(C(=O)O)CC5)C4)c3C2=O)C(=O)N1. The van der Waals surface area contributed by atoms with Crippen molar-refractivity contribution in [3.05, 3.63) is 29.3 Å². The molecule has 3 fully saturated rings. The number of anilines is 1. The van der Waals surface area contributed by atoms with Crippen molar-refractivity contribution >= 4 is 35.4 Å². The van der Waals surface area contributed by atoms with E-state index in [0.29, 0.717) is 31.6 Å². The molecule has 11 nitrogen and oxygen atoms in total. The molecule has 5 amide bonds. The van der Waals surface area contributed by atoms with Gasteiger partial charge in [0.05, 0.1) is 23.3 Å². The summed E-state index contributed by atoms with van der Waals surface area (Å²) in [6, 6.07) is 4.09. The zero-order valence-electron chi connectivity index (χ0n) is 18.5. The number of nitrogens with zero attached hydrogens (tertiary/aromatic N) is 2.